The van der Waals surface area contributed by atoms with E-state index < -0.39 is 0 Å². The van der Waals surface area contributed by atoms with Crippen LogP contribution in [0.4, 0.5) is 4.39 Å². The van der Waals surface area contributed by atoms with E-state index in [2.05, 4.69) is 15.1 Å². The lowest BCUT2D eigenvalue weighted by molar-refractivity contribution is 0.368. The Balaban J connectivity index is 1.95. The number of aryl methyl sites for hydroxylation is 4. The predicted octanol–water partition coefficient (Wildman–Crippen LogP) is 2.89. The van der Waals surface area contributed by atoms with Crippen molar-refractivity contribution in [3.8, 4) is 0 Å². The zero-order valence-corrected chi connectivity index (χ0v) is 12.3. The molecule has 0 spiro atoms. The maximum Gasteiger partial charge on any atom is 0.228 e. The highest BCUT2D eigenvalue weighted by atomic mass is 35.5. The van der Waals surface area contributed by atoms with Gasteiger partial charge in [-0.2, -0.15) is 4.98 Å². The van der Waals surface area contributed by atoms with Crippen molar-refractivity contribution in [1.82, 2.24) is 19.7 Å². The van der Waals surface area contributed by atoms with Gasteiger partial charge in [-0.15, -0.1) is 11.6 Å². The van der Waals surface area contributed by atoms with Crippen LogP contribution in [-0.4, -0.2) is 25.6 Å². The van der Waals surface area contributed by atoms with Crippen LogP contribution in [0.3, 0.4) is 0 Å². The van der Waals surface area contributed by atoms with E-state index in [9.17, 15) is 4.39 Å². The first-order valence-electron chi connectivity index (χ1n) is 6.68. The van der Waals surface area contributed by atoms with Crippen LogP contribution in [0, 0.1) is 12.7 Å². The molecule has 0 amide bonds. The number of hydrogen-bond acceptors (Lipinski definition) is 4. The predicted molar refractivity (Wildman–Crippen MR) is 76.9 cm³/mol. The van der Waals surface area contributed by atoms with Crippen molar-refractivity contribution < 1.29 is 8.91 Å². The molecular weight excluding hydrogens is 295 g/mol. The molecule has 0 fully saturated rings. The van der Waals surface area contributed by atoms with Crippen LogP contribution in [0.5, 0.6) is 0 Å². The Kier molecular flexibility index (Phi) is 3.88. The minimum absolute atomic E-state index is 0.323. The molecule has 0 aliphatic carbocycles. The molecule has 0 aliphatic rings. The van der Waals surface area contributed by atoms with E-state index in [0.717, 1.165) is 11.3 Å². The molecule has 1 aromatic carbocycles. The van der Waals surface area contributed by atoms with Gasteiger partial charge in [-0.1, -0.05) is 11.2 Å². The third kappa shape index (κ3) is 2.76. The quantitative estimate of drug-likeness (QED) is 0.680. The Hall–Kier alpha value is -1.95. The molecule has 21 heavy (non-hydrogen) atoms. The van der Waals surface area contributed by atoms with Crippen LogP contribution in [-0.2, 0) is 19.4 Å². The summed E-state index contributed by atoms with van der Waals surface area (Å²) in [6, 6.07) is 4.94. The molecule has 0 saturated carbocycles. The molecule has 0 bridgehead atoms. The Morgan fingerprint density at radius 1 is 1.29 bits per heavy atom. The summed E-state index contributed by atoms with van der Waals surface area (Å²) in [5, 5.41) is 3.76. The lowest BCUT2D eigenvalue weighted by Gasteiger charge is -2.06. The van der Waals surface area contributed by atoms with Crippen LogP contribution < -0.4 is 0 Å². The number of benzene rings is 1. The number of fused-ring (bicyclic) bond motifs is 1. The summed E-state index contributed by atoms with van der Waals surface area (Å²) >= 11 is 5.81. The lowest BCUT2D eigenvalue weighted by atomic mass is 10.3. The summed E-state index contributed by atoms with van der Waals surface area (Å²) < 4.78 is 20.9. The molecule has 3 rings (SSSR count). The highest BCUT2D eigenvalue weighted by molar-refractivity contribution is 6.17. The largest absolute Gasteiger partial charge is 0.339 e. The topological polar surface area (TPSA) is 56.7 Å². The number of nitrogens with zero attached hydrogens (tertiary/aromatic N) is 4. The number of alkyl halides is 1. The van der Waals surface area contributed by atoms with Crippen molar-refractivity contribution in [3.05, 3.63) is 41.6 Å². The summed E-state index contributed by atoms with van der Waals surface area (Å²) in [5.74, 6) is 2.04. The van der Waals surface area contributed by atoms with Crippen LogP contribution >= 0.6 is 11.6 Å². The molecule has 0 N–H and O–H groups in total. The van der Waals surface area contributed by atoms with Gasteiger partial charge in [0, 0.05) is 25.3 Å². The SMILES string of the molecule is Cc1noc(CCn2c(CCCl)nc3c(F)cccc32)n1. The standard InChI is InChI=1S/C14H14ClFN4O/c1-9-17-13(21-19-9)6-8-20-11-4-2-3-10(16)14(11)18-12(20)5-7-15/h2-4H,5-8H2,1H3. The van der Waals surface area contributed by atoms with Gasteiger partial charge in [0.15, 0.2) is 11.6 Å². The van der Waals surface area contributed by atoms with Crippen molar-refractivity contribution >= 4 is 22.6 Å². The Labute approximate surface area is 125 Å². The number of para-hydroxylation sites is 1. The van der Waals surface area contributed by atoms with Crippen LogP contribution in [0.15, 0.2) is 22.7 Å². The number of aromatic nitrogens is 4. The summed E-state index contributed by atoms with van der Waals surface area (Å²) in [6.45, 7) is 2.36. The molecular formula is C14H14ClFN4O. The van der Waals surface area contributed by atoms with E-state index in [4.69, 9.17) is 16.1 Å². The van der Waals surface area contributed by atoms with E-state index in [1.54, 1.807) is 13.0 Å². The Morgan fingerprint density at radius 3 is 2.86 bits per heavy atom. The van der Waals surface area contributed by atoms with Crippen molar-refractivity contribution in [1.29, 1.82) is 0 Å². The van der Waals surface area contributed by atoms with Gasteiger partial charge in [0.25, 0.3) is 0 Å². The number of hydrogen-bond donors (Lipinski definition) is 0. The average molecular weight is 309 g/mol. The summed E-state index contributed by atoms with van der Waals surface area (Å²) in [5.41, 5.74) is 1.13. The van der Waals surface area contributed by atoms with Gasteiger partial charge >= 0.3 is 0 Å². The highest BCUT2D eigenvalue weighted by Crippen LogP contribution is 2.20. The van der Waals surface area contributed by atoms with Crippen LogP contribution in [0.2, 0.25) is 0 Å². The minimum atomic E-state index is -0.323. The second-order valence-electron chi connectivity index (χ2n) is 4.71. The average Bonchev–Trinajstić information content (AvgIpc) is 3.02. The minimum Gasteiger partial charge on any atom is -0.339 e. The van der Waals surface area contributed by atoms with Crippen LogP contribution in [0.1, 0.15) is 17.5 Å². The van der Waals surface area contributed by atoms with E-state index >= 15 is 0 Å². The van der Waals surface area contributed by atoms with Crippen LogP contribution in [0.25, 0.3) is 11.0 Å². The van der Waals surface area contributed by atoms with Gasteiger partial charge in [-0.3, -0.25) is 0 Å². The Bertz CT molecular complexity index is 768. The van der Waals surface area contributed by atoms with E-state index in [1.165, 1.54) is 6.07 Å². The van der Waals surface area contributed by atoms with E-state index in [1.807, 2.05) is 10.6 Å². The molecule has 0 aliphatic heterocycles. The first kappa shape index (κ1) is 14.0. The van der Waals surface area contributed by atoms with Gasteiger partial charge in [-0.05, 0) is 19.1 Å². The van der Waals surface area contributed by atoms with Crippen molar-refractivity contribution in [3.63, 3.8) is 0 Å². The fourth-order valence-electron chi connectivity index (χ4n) is 2.33. The first-order valence-corrected chi connectivity index (χ1v) is 7.21. The molecule has 3 aromatic rings. The van der Waals surface area contributed by atoms with Gasteiger partial charge in [-0.25, -0.2) is 9.37 Å². The third-order valence-electron chi connectivity index (χ3n) is 3.25. The van der Waals surface area contributed by atoms with Gasteiger partial charge in [0.2, 0.25) is 5.89 Å². The van der Waals surface area contributed by atoms with Crippen molar-refractivity contribution in [2.45, 2.75) is 26.3 Å². The molecule has 0 atom stereocenters. The summed E-state index contributed by atoms with van der Waals surface area (Å²) in [7, 11) is 0. The lowest BCUT2D eigenvalue weighted by Crippen LogP contribution is -2.07. The van der Waals surface area contributed by atoms with Crippen molar-refractivity contribution in [2.24, 2.45) is 0 Å². The number of halogens is 2. The zero-order valence-electron chi connectivity index (χ0n) is 11.5. The molecule has 5 nitrogen and oxygen atoms in total. The molecule has 7 heteroatoms. The second kappa shape index (κ2) is 5.81. The smallest absolute Gasteiger partial charge is 0.228 e. The molecule has 2 heterocycles. The Morgan fingerprint density at radius 2 is 2.14 bits per heavy atom. The van der Waals surface area contributed by atoms with Gasteiger partial charge in [0.05, 0.1) is 5.52 Å². The van der Waals surface area contributed by atoms with E-state index in [0.29, 0.717) is 42.5 Å². The zero-order chi connectivity index (χ0) is 14.8. The fourth-order valence-corrected chi connectivity index (χ4v) is 2.50. The number of imidazole rings is 1. The third-order valence-corrected chi connectivity index (χ3v) is 3.43. The van der Waals surface area contributed by atoms with Gasteiger partial charge < -0.3 is 9.09 Å². The van der Waals surface area contributed by atoms with E-state index in [-0.39, 0.29) is 5.82 Å². The monoisotopic (exact) mass is 308 g/mol. The maximum absolute atomic E-state index is 13.8. The fraction of sp³-hybridized carbons (Fsp3) is 0.357. The molecule has 2 aromatic heterocycles. The highest BCUT2D eigenvalue weighted by Gasteiger charge is 2.14. The summed E-state index contributed by atoms with van der Waals surface area (Å²) in [4.78, 5) is 8.53. The van der Waals surface area contributed by atoms with Gasteiger partial charge in [0.1, 0.15) is 11.3 Å². The molecule has 0 saturated heterocycles. The normalized spacial score (nSPS) is 11.4. The number of rotatable bonds is 5. The molecule has 0 unspecified atom stereocenters. The van der Waals surface area contributed by atoms with Crippen molar-refractivity contribution in [2.75, 3.05) is 5.88 Å². The maximum atomic E-state index is 13.8. The second-order valence-corrected chi connectivity index (χ2v) is 5.09. The molecule has 110 valence electrons. The summed E-state index contributed by atoms with van der Waals surface area (Å²) in [6.07, 6.45) is 1.15. The molecule has 0 radical (unpaired) electrons. The first-order chi connectivity index (χ1) is 10.2.